The molecule has 31 heavy (non-hydrogen) atoms. The number of piperidine rings is 1. The third-order valence-corrected chi connectivity index (χ3v) is 6.96. The molecule has 1 aromatic heterocycles. The smallest absolute Gasteiger partial charge is 0.319 e. The van der Waals surface area contributed by atoms with Gasteiger partial charge in [-0.15, -0.1) is 0 Å². The first-order chi connectivity index (χ1) is 14.9. The third-order valence-electron chi connectivity index (χ3n) is 5.74. The summed E-state index contributed by atoms with van der Waals surface area (Å²) < 4.78 is 5.36. The average Bonchev–Trinajstić information content (AvgIpc) is 3.20. The summed E-state index contributed by atoms with van der Waals surface area (Å²) in [5.41, 5.74) is 5.71. The van der Waals surface area contributed by atoms with Gasteiger partial charge in [0.25, 0.3) is 5.91 Å². The lowest BCUT2D eigenvalue weighted by molar-refractivity contribution is -0.127. The number of carbonyl (C=O) groups excluding carboxylic acids is 3. The Labute approximate surface area is 186 Å². The number of aryl methyl sites for hydroxylation is 1. The number of aromatic nitrogens is 1. The van der Waals surface area contributed by atoms with E-state index in [-0.39, 0.29) is 23.8 Å². The number of amides is 4. The number of ether oxygens (including phenoxy) is 1. The molecule has 3 heterocycles. The van der Waals surface area contributed by atoms with Gasteiger partial charge in [-0.25, -0.2) is 9.78 Å². The van der Waals surface area contributed by atoms with Crippen LogP contribution in [0.25, 0.3) is 0 Å². The summed E-state index contributed by atoms with van der Waals surface area (Å²) in [6, 6.07) is 0.0221. The lowest BCUT2D eigenvalue weighted by atomic mass is 9.96. The second-order valence-corrected chi connectivity index (χ2v) is 8.65. The molecule has 2 N–H and O–H groups in total. The number of carbonyl (C=O) groups is 3. The molecule has 0 aromatic carbocycles. The SMILES string of the molecule is CCN(CC)C(=O)N1CCC(C(=O)NNC(=O)c2sc(N3CCOCC3)nc2C)CC1. The number of nitrogens with one attached hydrogen (secondary N) is 2. The number of nitrogens with zero attached hydrogens (tertiary/aromatic N) is 4. The maximum absolute atomic E-state index is 12.6. The predicted octanol–water partition coefficient (Wildman–Crippen LogP) is 1.22. The van der Waals surface area contributed by atoms with E-state index in [1.807, 2.05) is 13.8 Å². The highest BCUT2D eigenvalue weighted by atomic mass is 32.1. The van der Waals surface area contributed by atoms with Crippen molar-refractivity contribution in [2.75, 3.05) is 57.4 Å². The van der Waals surface area contributed by atoms with Gasteiger partial charge in [0, 0.05) is 45.2 Å². The van der Waals surface area contributed by atoms with Gasteiger partial charge in [0.15, 0.2) is 5.13 Å². The Bertz CT molecular complexity index is 783. The molecule has 2 aliphatic heterocycles. The summed E-state index contributed by atoms with van der Waals surface area (Å²) in [6.07, 6.45) is 1.16. The molecule has 3 rings (SSSR count). The predicted molar refractivity (Wildman–Crippen MR) is 118 cm³/mol. The van der Waals surface area contributed by atoms with E-state index in [1.54, 1.807) is 16.7 Å². The van der Waals surface area contributed by atoms with Crippen molar-refractivity contribution in [2.24, 2.45) is 5.92 Å². The van der Waals surface area contributed by atoms with Crippen molar-refractivity contribution in [1.82, 2.24) is 25.6 Å². The highest BCUT2D eigenvalue weighted by Crippen LogP contribution is 2.26. The van der Waals surface area contributed by atoms with Crippen LogP contribution in [-0.2, 0) is 9.53 Å². The van der Waals surface area contributed by atoms with Gasteiger partial charge in [-0.3, -0.25) is 20.4 Å². The molecule has 0 atom stereocenters. The molecular weight excluding hydrogens is 420 g/mol. The van der Waals surface area contributed by atoms with Crippen LogP contribution in [0.3, 0.4) is 0 Å². The Morgan fingerprint density at radius 1 is 1.10 bits per heavy atom. The zero-order valence-electron chi connectivity index (χ0n) is 18.5. The van der Waals surface area contributed by atoms with Crippen LogP contribution in [0.4, 0.5) is 9.93 Å². The van der Waals surface area contributed by atoms with Crippen molar-refractivity contribution in [3.8, 4) is 0 Å². The van der Waals surface area contributed by atoms with Crippen LogP contribution >= 0.6 is 11.3 Å². The van der Waals surface area contributed by atoms with Gasteiger partial charge < -0.3 is 19.4 Å². The molecule has 10 nitrogen and oxygen atoms in total. The molecule has 0 aliphatic carbocycles. The van der Waals surface area contributed by atoms with Gasteiger partial charge >= 0.3 is 6.03 Å². The Hall–Kier alpha value is -2.40. The zero-order chi connectivity index (χ0) is 22.4. The summed E-state index contributed by atoms with van der Waals surface area (Å²) in [5, 5.41) is 0.794. The Kier molecular flexibility index (Phi) is 8.08. The standard InChI is InChI=1S/C20H32N6O4S/c1-4-24(5-2)20(29)26-8-6-15(7-9-26)17(27)22-23-18(28)16-14(3)21-19(31-16)25-10-12-30-13-11-25/h15H,4-13H2,1-3H3,(H,22,27)(H,23,28). The minimum absolute atomic E-state index is 0.0221. The van der Waals surface area contributed by atoms with E-state index in [4.69, 9.17) is 4.74 Å². The quantitative estimate of drug-likeness (QED) is 0.651. The number of thiazole rings is 1. The van der Waals surface area contributed by atoms with Gasteiger partial charge in [0.2, 0.25) is 5.91 Å². The fourth-order valence-electron chi connectivity index (χ4n) is 3.79. The molecule has 2 fully saturated rings. The maximum Gasteiger partial charge on any atom is 0.319 e. The van der Waals surface area contributed by atoms with Gasteiger partial charge in [0.1, 0.15) is 4.88 Å². The van der Waals surface area contributed by atoms with Crippen molar-refractivity contribution >= 4 is 34.3 Å². The second-order valence-electron chi connectivity index (χ2n) is 7.67. The molecule has 172 valence electrons. The second kappa shape index (κ2) is 10.8. The highest BCUT2D eigenvalue weighted by molar-refractivity contribution is 7.17. The molecule has 0 unspecified atom stereocenters. The van der Waals surface area contributed by atoms with Crippen LogP contribution in [0.1, 0.15) is 42.1 Å². The Balaban J connectivity index is 1.47. The first kappa shape index (κ1) is 23.3. The molecule has 11 heteroatoms. The maximum atomic E-state index is 12.6. The third kappa shape index (κ3) is 5.65. The highest BCUT2D eigenvalue weighted by Gasteiger charge is 2.29. The number of anilines is 1. The number of hydrogen-bond acceptors (Lipinski definition) is 7. The van der Waals surface area contributed by atoms with Crippen LogP contribution in [0, 0.1) is 12.8 Å². The van der Waals surface area contributed by atoms with Crippen molar-refractivity contribution < 1.29 is 19.1 Å². The summed E-state index contributed by atoms with van der Waals surface area (Å²) in [6.45, 7) is 10.9. The van der Waals surface area contributed by atoms with Crippen LogP contribution in [-0.4, -0.2) is 85.1 Å². The first-order valence-corrected chi connectivity index (χ1v) is 11.7. The number of rotatable bonds is 5. The lowest BCUT2D eigenvalue weighted by Gasteiger charge is -2.34. The molecule has 0 saturated carbocycles. The number of urea groups is 1. The fraction of sp³-hybridized carbons (Fsp3) is 0.700. The average molecular weight is 453 g/mol. The molecule has 2 aliphatic rings. The van der Waals surface area contributed by atoms with E-state index in [1.165, 1.54) is 11.3 Å². The fourth-order valence-corrected chi connectivity index (χ4v) is 4.80. The van der Waals surface area contributed by atoms with Crippen LogP contribution < -0.4 is 15.8 Å². The molecule has 0 radical (unpaired) electrons. The topological polar surface area (TPSA) is 107 Å². The van der Waals surface area contributed by atoms with Gasteiger partial charge in [-0.05, 0) is 33.6 Å². The summed E-state index contributed by atoms with van der Waals surface area (Å²) >= 11 is 1.32. The minimum Gasteiger partial charge on any atom is -0.378 e. The largest absolute Gasteiger partial charge is 0.378 e. The van der Waals surface area contributed by atoms with Crippen LogP contribution in [0.5, 0.6) is 0 Å². The van der Waals surface area contributed by atoms with Crippen molar-refractivity contribution in [2.45, 2.75) is 33.6 Å². The van der Waals surface area contributed by atoms with Gasteiger partial charge in [0.05, 0.1) is 18.9 Å². The van der Waals surface area contributed by atoms with E-state index in [0.29, 0.717) is 62.8 Å². The molecule has 0 bridgehead atoms. The number of hydrogen-bond donors (Lipinski definition) is 2. The van der Waals surface area contributed by atoms with Crippen molar-refractivity contribution in [1.29, 1.82) is 0 Å². The zero-order valence-corrected chi connectivity index (χ0v) is 19.3. The lowest BCUT2D eigenvalue weighted by Crippen LogP contribution is -2.50. The molecule has 0 spiro atoms. The van der Waals surface area contributed by atoms with Gasteiger partial charge in [-0.2, -0.15) is 0 Å². The number of morpholine rings is 1. The molecule has 1 aromatic rings. The van der Waals surface area contributed by atoms with E-state index < -0.39 is 0 Å². The minimum atomic E-state index is -0.364. The number of hydrazine groups is 1. The molecular formula is C20H32N6O4S. The summed E-state index contributed by atoms with van der Waals surface area (Å²) in [5.74, 6) is -0.816. The van der Waals surface area contributed by atoms with E-state index in [2.05, 4.69) is 20.7 Å². The Morgan fingerprint density at radius 2 is 1.74 bits per heavy atom. The van der Waals surface area contributed by atoms with E-state index >= 15 is 0 Å². The summed E-state index contributed by atoms with van der Waals surface area (Å²) in [4.78, 5) is 48.2. The monoisotopic (exact) mass is 452 g/mol. The van der Waals surface area contributed by atoms with Crippen molar-refractivity contribution in [3.05, 3.63) is 10.6 Å². The van der Waals surface area contributed by atoms with E-state index in [9.17, 15) is 14.4 Å². The molecule has 2 saturated heterocycles. The molecule has 4 amide bonds. The van der Waals surface area contributed by atoms with Crippen molar-refractivity contribution in [3.63, 3.8) is 0 Å². The summed E-state index contributed by atoms with van der Waals surface area (Å²) in [7, 11) is 0. The number of likely N-dealkylation sites (tertiary alicyclic amines) is 1. The Morgan fingerprint density at radius 3 is 2.35 bits per heavy atom. The normalized spacial score (nSPS) is 17.4. The first-order valence-electron chi connectivity index (χ1n) is 10.9. The van der Waals surface area contributed by atoms with Gasteiger partial charge in [-0.1, -0.05) is 11.3 Å². The van der Waals surface area contributed by atoms with Crippen LogP contribution in [0.15, 0.2) is 0 Å². The van der Waals surface area contributed by atoms with Crippen LogP contribution in [0.2, 0.25) is 0 Å². The van der Waals surface area contributed by atoms with E-state index in [0.717, 1.165) is 18.2 Å².